The number of hydrogen-bond donors (Lipinski definition) is 1. The summed E-state index contributed by atoms with van der Waals surface area (Å²) in [7, 11) is -3.05. The molecule has 0 spiro atoms. The lowest BCUT2D eigenvalue weighted by Gasteiger charge is -2.22. The van der Waals surface area contributed by atoms with Crippen LogP contribution in [0.3, 0.4) is 0 Å². The van der Waals surface area contributed by atoms with E-state index in [1.807, 2.05) is 38.1 Å². The van der Waals surface area contributed by atoms with E-state index in [4.69, 9.17) is 0 Å². The Morgan fingerprint density at radius 2 is 2.04 bits per heavy atom. The fourth-order valence-electron chi connectivity index (χ4n) is 3.08. The fraction of sp³-hybridized carbons (Fsp3) is 0.412. The van der Waals surface area contributed by atoms with Crippen LogP contribution in [0.25, 0.3) is 5.69 Å². The SMILES string of the molecule is Cc1ccccc1-n1ncc(C(=O)N[C@@H]2CCCS(=O)(=O)C2)c1C. The molecule has 1 aromatic heterocycles. The molecule has 128 valence electrons. The minimum Gasteiger partial charge on any atom is -0.348 e. The van der Waals surface area contributed by atoms with Crippen molar-refractivity contribution in [2.45, 2.75) is 32.7 Å². The second-order valence-corrected chi connectivity index (χ2v) is 8.50. The van der Waals surface area contributed by atoms with Gasteiger partial charge in [-0.15, -0.1) is 0 Å². The number of nitrogens with zero attached hydrogens (tertiary/aromatic N) is 2. The molecule has 3 rings (SSSR count). The standard InChI is InChI=1S/C17H21N3O3S/c1-12-6-3-4-8-16(12)20-13(2)15(10-18-20)17(21)19-14-7-5-9-24(22,23)11-14/h3-4,6,8,10,14H,5,7,9,11H2,1-2H3,(H,19,21)/t14-/m1/s1. The molecular weight excluding hydrogens is 326 g/mol. The number of carbonyl (C=O) groups is 1. The Balaban J connectivity index is 1.81. The molecule has 0 saturated carbocycles. The molecule has 1 saturated heterocycles. The van der Waals surface area contributed by atoms with Gasteiger partial charge in [-0.25, -0.2) is 13.1 Å². The minimum absolute atomic E-state index is 0.0176. The van der Waals surface area contributed by atoms with Gasteiger partial charge in [-0.05, 0) is 38.3 Å². The van der Waals surface area contributed by atoms with Gasteiger partial charge in [-0.3, -0.25) is 4.79 Å². The van der Waals surface area contributed by atoms with Crippen LogP contribution in [0.2, 0.25) is 0 Å². The lowest BCUT2D eigenvalue weighted by molar-refractivity contribution is 0.0937. The molecule has 1 aliphatic heterocycles. The van der Waals surface area contributed by atoms with Crippen LogP contribution in [0.5, 0.6) is 0 Å². The zero-order chi connectivity index (χ0) is 17.3. The summed E-state index contributed by atoms with van der Waals surface area (Å²) in [6.07, 6.45) is 2.82. The second kappa shape index (κ2) is 6.39. The number of benzene rings is 1. The van der Waals surface area contributed by atoms with Crippen LogP contribution in [0.15, 0.2) is 30.5 Å². The number of aryl methyl sites for hydroxylation is 1. The molecule has 0 aliphatic carbocycles. The van der Waals surface area contributed by atoms with Gasteiger partial charge in [0, 0.05) is 6.04 Å². The first-order valence-electron chi connectivity index (χ1n) is 7.99. The summed E-state index contributed by atoms with van der Waals surface area (Å²) >= 11 is 0. The lowest BCUT2D eigenvalue weighted by atomic mass is 10.1. The van der Waals surface area contributed by atoms with Gasteiger partial charge in [0.15, 0.2) is 9.84 Å². The van der Waals surface area contributed by atoms with Crippen LogP contribution in [0, 0.1) is 13.8 Å². The number of aromatic nitrogens is 2. The Morgan fingerprint density at radius 1 is 1.29 bits per heavy atom. The van der Waals surface area contributed by atoms with Crippen molar-refractivity contribution in [2.75, 3.05) is 11.5 Å². The van der Waals surface area contributed by atoms with E-state index >= 15 is 0 Å². The number of rotatable bonds is 3. The van der Waals surface area contributed by atoms with Gasteiger partial charge >= 0.3 is 0 Å². The number of carbonyl (C=O) groups excluding carboxylic acids is 1. The van der Waals surface area contributed by atoms with Gasteiger partial charge in [-0.2, -0.15) is 5.10 Å². The molecule has 2 heterocycles. The summed E-state index contributed by atoms with van der Waals surface area (Å²) < 4.78 is 25.1. The maximum atomic E-state index is 12.5. The number of nitrogens with one attached hydrogen (secondary N) is 1. The molecule has 2 aromatic rings. The summed E-state index contributed by atoms with van der Waals surface area (Å²) in [6.45, 7) is 3.83. The monoisotopic (exact) mass is 347 g/mol. The van der Waals surface area contributed by atoms with Crippen molar-refractivity contribution >= 4 is 15.7 Å². The number of hydrogen-bond acceptors (Lipinski definition) is 4. The summed E-state index contributed by atoms with van der Waals surface area (Å²) in [5.41, 5.74) is 3.20. The average molecular weight is 347 g/mol. The zero-order valence-electron chi connectivity index (χ0n) is 13.8. The highest BCUT2D eigenvalue weighted by Crippen LogP contribution is 2.18. The largest absolute Gasteiger partial charge is 0.348 e. The summed E-state index contributed by atoms with van der Waals surface area (Å²) in [4.78, 5) is 12.5. The first kappa shape index (κ1) is 16.7. The quantitative estimate of drug-likeness (QED) is 0.918. The summed E-state index contributed by atoms with van der Waals surface area (Å²) in [5.74, 6) is -0.0395. The van der Waals surface area contributed by atoms with Crippen molar-refractivity contribution in [2.24, 2.45) is 0 Å². The number of amides is 1. The molecule has 0 unspecified atom stereocenters. The molecule has 1 amide bonds. The van der Waals surface area contributed by atoms with Crippen LogP contribution >= 0.6 is 0 Å². The minimum atomic E-state index is -3.05. The van der Waals surface area contributed by atoms with Crippen LogP contribution in [-0.2, 0) is 9.84 Å². The Bertz CT molecular complexity index is 871. The molecule has 7 heteroatoms. The van der Waals surface area contributed by atoms with Crippen LogP contribution < -0.4 is 5.32 Å². The lowest BCUT2D eigenvalue weighted by Crippen LogP contribution is -2.43. The van der Waals surface area contributed by atoms with Crippen LogP contribution in [0.1, 0.15) is 34.5 Å². The molecule has 1 N–H and O–H groups in total. The van der Waals surface area contributed by atoms with Gasteiger partial charge < -0.3 is 5.32 Å². The molecule has 1 aliphatic rings. The van der Waals surface area contributed by atoms with Crippen molar-refractivity contribution in [3.63, 3.8) is 0 Å². The number of sulfone groups is 1. The number of para-hydroxylation sites is 1. The maximum Gasteiger partial charge on any atom is 0.255 e. The van der Waals surface area contributed by atoms with Gasteiger partial charge in [0.1, 0.15) is 0 Å². The predicted molar refractivity (Wildman–Crippen MR) is 92.2 cm³/mol. The van der Waals surface area contributed by atoms with E-state index in [0.29, 0.717) is 18.4 Å². The molecule has 0 radical (unpaired) electrons. The molecule has 24 heavy (non-hydrogen) atoms. The average Bonchev–Trinajstić information content (AvgIpc) is 2.88. The van der Waals surface area contributed by atoms with Crippen LogP contribution in [0.4, 0.5) is 0 Å². The first-order valence-corrected chi connectivity index (χ1v) is 9.81. The first-order chi connectivity index (χ1) is 11.4. The zero-order valence-corrected chi connectivity index (χ0v) is 14.6. The molecule has 0 bridgehead atoms. The second-order valence-electron chi connectivity index (χ2n) is 6.27. The summed E-state index contributed by atoms with van der Waals surface area (Å²) in [6, 6.07) is 7.50. The summed E-state index contributed by atoms with van der Waals surface area (Å²) in [5, 5.41) is 7.17. The maximum absolute atomic E-state index is 12.5. The van der Waals surface area contributed by atoms with E-state index in [2.05, 4.69) is 10.4 Å². The normalized spacial score (nSPS) is 19.8. The third-order valence-electron chi connectivity index (χ3n) is 4.40. The fourth-order valence-corrected chi connectivity index (χ4v) is 4.71. The molecule has 6 nitrogen and oxygen atoms in total. The molecule has 1 atom stereocenters. The topological polar surface area (TPSA) is 81.1 Å². The van der Waals surface area contributed by atoms with Crippen molar-refractivity contribution in [3.8, 4) is 5.69 Å². The Morgan fingerprint density at radius 3 is 2.75 bits per heavy atom. The third-order valence-corrected chi connectivity index (χ3v) is 6.22. The molecule has 1 fully saturated rings. The van der Waals surface area contributed by atoms with E-state index in [9.17, 15) is 13.2 Å². The van der Waals surface area contributed by atoms with Gasteiger partial charge in [0.2, 0.25) is 0 Å². The van der Waals surface area contributed by atoms with E-state index in [-0.39, 0.29) is 23.5 Å². The van der Waals surface area contributed by atoms with Gasteiger partial charge in [0.05, 0.1) is 34.6 Å². The highest BCUT2D eigenvalue weighted by molar-refractivity contribution is 7.91. The van der Waals surface area contributed by atoms with Crippen LogP contribution in [-0.4, -0.2) is 41.7 Å². The van der Waals surface area contributed by atoms with E-state index < -0.39 is 9.84 Å². The van der Waals surface area contributed by atoms with Gasteiger partial charge in [0.25, 0.3) is 5.91 Å². The Kier molecular flexibility index (Phi) is 4.45. The van der Waals surface area contributed by atoms with Crippen molar-refractivity contribution in [3.05, 3.63) is 47.3 Å². The van der Waals surface area contributed by atoms with Crippen molar-refractivity contribution in [1.29, 1.82) is 0 Å². The Hall–Kier alpha value is -2.15. The van der Waals surface area contributed by atoms with E-state index in [1.54, 1.807) is 4.68 Å². The highest BCUT2D eigenvalue weighted by atomic mass is 32.2. The van der Waals surface area contributed by atoms with E-state index in [1.165, 1.54) is 6.20 Å². The van der Waals surface area contributed by atoms with E-state index in [0.717, 1.165) is 16.9 Å². The Labute approximate surface area is 141 Å². The third kappa shape index (κ3) is 3.36. The molecular formula is C17H21N3O3S. The van der Waals surface area contributed by atoms with Crippen molar-refractivity contribution < 1.29 is 13.2 Å². The van der Waals surface area contributed by atoms with Crippen molar-refractivity contribution in [1.82, 2.24) is 15.1 Å². The van der Waals surface area contributed by atoms with Gasteiger partial charge in [-0.1, -0.05) is 18.2 Å². The molecule has 1 aromatic carbocycles. The predicted octanol–water partition coefficient (Wildman–Crippen LogP) is 1.80. The smallest absolute Gasteiger partial charge is 0.255 e. The highest BCUT2D eigenvalue weighted by Gasteiger charge is 2.27.